The van der Waals surface area contributed by atoms with Crippen molar-refractivity contribution in [2.45, 2.75) is 6.42 Å². The molecule has 4 rings (SSSR count). The fourth-order valence-corrected chi connectivity index (χ4v) is 2.85. The third-order valence-electron chi connectivity index (χ3n) is 3.86. The molecule has 2 aromatic carbocycles. The van der Waals surface area contributed by atoms with Gasteiger partial charge in [0.25, 0.3) is 0 Å². The lowest BCUT2D eigenvalue weighted by Crippen LogP contribution is -2.01. The Labute approximate surface area is 130 Å². The predicted molar refractivity (Wildman–Crippen MR) is 81.2 cm³/mol. The highest BCUT2D eigenvalue weighted by atomic mass is 19.1. The molecule has 0 amide bonds. The minimum absolute atomic E-state index is 0.165. The summed E-state index contributed by atoms with van der Waals surface area (Å²) in [5.41, 5.74) is 2.65. The molecule has 0 bridgehead atoms. The number of halogens is 1. The highest BCUT2D eigenvalue weighted by Crippen LogP contribution is 2.38. The SMILES string of the molecule is O=C(O)Cc1c(-c2ccc3c(c2)OCO3)[nH]c2ccc(F)cc12. The lowest BCUT2D eigenvalue weighted by molar-refractivity contribution is -0.136. The minimum atomic E-state index is -0.975. The van der Waals surface area contributed by atoms with Gasteiger partial charge in [-0.1, -0.05) is 0 Å². The van der Waals surface area contributed by atoms with Crippen LogP contribution in [0.1, 0.15) is 5.56 Å². The summed E-state index contributed by atoms with van der Waals surface area (Å²) in [5.74, 6) is -0.123. The van der Waals surface area contributed by atoms with Crippen LogP contribution < -0.4 is 9.47 Å². The van der Waals surface area contributed by atoms with Gasteiger partial charge < -0.3 is 19.6 Å². The van der Waals surface area contributed by atoms with Crippen molar-refractivity contribution in [2.75, 3.05) is 6.79 Å². The van der Waals surface area contributed by atoms with Crippen LogP contribution in [0.15, 0.2) is 36.4 Å². The van der Waals surface area contributed by atoms with E-state index in [9.17, 15) is 14.3 Å². The maximum atomic E-state index is 13.5. The summed E-state index contributed by atoms with van der Waals surface area (Å²) in [5, 5.41) is 9.76. The molecule has 1 aliphatic rings. The molecule has 0 saturated heterocycles. The Morgan fingerprint density at radius 3 is 2.83 bits per heavy atom. The van der Waals surface area contributed by atoms with Gasteiger partial charge in [-0.05, 0) is 42.0 Å². The van der Waals surface area contributed by atoms with E-state index in [0.29, 0.717) is 33.7 Å². The number of aliphatic carboxylic acids is 1. The number of nitrogens with one attached hydrogen (secondary N) is 1. The van der Waals surface area contributed by atoms with Crippen molar-refractivity contribution in [1.82, 2.24) is 4.98 Å². The van der Waals surface area contributed by atoms with Gasteiger partial charge in [-0.15, -0.1) is 0 Å². The largest absolute Gasteiger partial charge is 0.481 e. The predicted octanol–water partition coefficient (Wildman–Crippen LogP) is 3.33. The number of hydrogen-bond acceptors (Lipinski definition) is 3. The van der Waals surface area contributed by atoms with E-state index in [1.165, 1.54) is 12.1 Å². The third-order valence-corrected chi connectivity index (χ3v) is 3.86. The van der Waals surface area contributed by atoms with Gasteiger partial charge in [0.1, 0.15) is 5.82 Å². The summed E-state index contributed by atoms with van der Waals surface area (Å²) >= 11 is 0. The lowest BCUT2D eigenvalue weighted by Gasteiger charge is -2.04. The Morgan fingerprint density at radius 1 is 1.17 bits per heavy atom. The number of rotatable bonds is 3. The van der Waals surface area contributed by atoms with Gasteiger partial charge in [-0.25, -0.2) is 4.39 Å². The maximum Gasteiger partial charge on any atom is 0.307 e. The fourth-order valence-electron chi connectivity index (χ4n) is 2.85. The molecule has 0 aliphatic carbocycles. The van der Waals surface area contributed by atoms with Crippen molar-refractivity contribution in [3.63, 3.8) is 0 Å². The van der Waals surface area contributed by atoms with Gasteiger partial charge in [0, 0.05) is 16.5 Å². The molecule has 0 spiro atoms. The summed E-state index contributed by atoms with van der Waals surface area (Å²) < 4.78 is 24.2. The molecule has 0 fully saturated rings. The van der Waals surface area contributed by atoms with Crippen LogP contribution in [0.25, 0.3) is 22.2 Å². The average molecular weight is 313 g/mol. The molecule has 5 nitrogen and oxygen atoms in total. The van der Waals surface area contributed by atoms with Crippen molar-refractivity contribution in [2.24, 2.45) is 0 Å². The quantitative estimate of drug-likeness (QED) is 0.778. The van der Waals surface area contributed by atoms with Gasteiger partial charge in [-0.3, -0.25) is 4.79 Å². The first-order chi connectivity index (χ1) is 11.1. The summed E-state index contributed by atoms with van der Waals surface area (Å²) in [4.78, 5) is 14.4. The minimum Gasteiger partial charge on any atom is -0.481 e. The number of fused-ring (bicyclic) bond motifs is 2. The molecule has 6 heteroatoms. The Kier molecular flexibility index (Phi) is 2.97. The molecule has 0 radical (unpaired) electrons. The molecule has 116 valence electrons. The van der Waals surface area contributed by atoms with E-state index in [1.54, 1.807) is 18.2 Å². The number of ether oxygens (including phenoxy) is 2. The molecule has 2 heterocycles. The van der Waals surface area contributed by atoms with Crippen LogP contribution in [-0.4, -0.2) is 22.9 Å². The van der Waals surface area contributed by atoms with Crippen LogP contribution in [0.5, 0.6) is 11.5 Å². The van der Waals surface area contributed by atoms with Crippen LogP contribution in [0.2, 0.25) is 0 Å². The smallest absolute Gasteiger partial charge is 0.307 e. The highest BCUT2D eigenvalue weighted by Gasteiger charge is 2.19. The summed E-state index contributed by atoms with van der Waals surface area (Å²) in [6.45, 7) is 0.165. The third kappa shape index (κ3) is 2.28. The van der Waals surface area contributed by atoms with Gasteiger partial charge in [0.15, 0.2) is 11.5 Å². The molecule has 0 unspecified atom stereocenters. The second-order valence-corrected chi connectivity index (χ2v) is 5.31. The summed E-state index contributed by atoms with van der Waals surface area (Å²) in [7, 11) is 0. The monoisotopic (exact) mass is 313 g/mol. The van der Waals surface area contributed by atoms with E-state index < -0.39 is 11.8 Å². The van der Waals surface area contributed by atoms with Crippen molar-refractivity contribution in [3.05, 3.63) is 47.8 Å². The number of aromatic nitrogens is 1. The van der Waals surface area contributed by atoms with E-state index in [4.69, 9.17) is 9.47 Å². The molecule has 3 aromatic rings. The topological polar surface area (TPSA) is 71.6 Å². The number of carboxylic acids is 1. The van der Waals surface area contributed by atoms with Crippen LogP contribution in [0, 0.1) is 5.82 Å². The van der Waals surface area contributed by atoms with Crippen molar-refractivity contribution in [3.8, 4) is 22.8 Å². The zero-order valence-electron chi connectivity index (χ0n) is 11.9. The molecule has 23 heavy (non-hydrogen) atoms. The summed E-state index contributed by atoms with van der Waals surface area (Å²) in [6.07, 6.45) is -0.201. The van der Waals surface area contributed by atoms with E-state index in [0.717, 1.165) is 5.56 Å². The van der Waals surface area contributed by atoms with Gasteiger partial charge in [-0.2, -0.15) is 0 Å². The highest BCUT2D eigenvalue weighted by molar-refractivity contribution is 5.94. The van der Waals surface area contributed by atoms with E-state index in [2.05, 4.69) is 4.98 Å². The Morgan fingerprint density at radius 2 is 2.00 bits per heavy atom. The fraction of sp³-hybridized carbons (Fsp3) is 0.118. The van der Waals surface area contributed by atoms with E-state index in [-0.39, 0.29) is 13.2 Å². The first kappa shape index (κ1) is 13.6. The van der Waals surface area contributed by atoms with E-state index in [1.807, 2.05) is 6.07 Å². The maximum absolute atomic E-state index is 13.5. The van der Waals surface area contributed by atoms with Crippen LogP contribution >= 0.6 is 0 Å². The zero-order valence-corrected chi connectivity index (χ0v) is 11.9. The van der Waals surface area contributed by atoms with Gasteiger partial charge in [0.2, 0.25) is 6.79 Å². The zero-order chi connectivity index (χ0) is 16.0. The van der Waals surface area contributed by atoms with Crippen LogP contribution in [0.4, 0.5) is 4.39 Å². The first-order valence-electron chi connectivity index (χ1n) is 7.04. The normalized spacial score (nSPS) is 12.7. The molecule has 1 aromatic heterocycles. The van der Waals surface area contributed by atoms with Crippen molar-refractivity contribution < 1.29 is 23.8 Å². The number of carbonyl (C=O) groups is 1. The van der Waals surface area contributed by atoms with Gasteiger partial charge in [0.05, 0.1) is 12.1 Å². The van der Waals surface area contributed by atoms with Crippen LogP contribution in [0.3, 0.4) is 0 Å². The van der Waals surface area contributed by atoms with Gasteiger partial charge >= 0.3 is 5.97 Å². The lowest BCUT2D eigenvalue weighted by atomic mass is 10.0. The summed E-state index contributed by atoms with van der Waals surface area (Å²) in [6, 6.07) is 9.67. The number of carboxylic acid groups (broad SMARTS) is 1. The number of benzene rings is 2. The molecular weight excluding hydrogens is 301 g/mol. The molecular formula is C17H12FNO4. The Bertz CT molecular complexity index is 932. The second kappa shape index (κ2) is 5.01. The molecule has 1 aliphatic heterocycles. The number of hydrogen-bond donors (Lipinski definition) is 2. The average Bonchev–Trinajstić information content (AvgIpc) is 3.11. The van der Waals surface area contributed by atoms with Crippen molar-refractivity contribution in [1.29, 1.82) is 0 Å². The molecule has 0 saturated carbocycles. The van der Waals surface area contributed by atoms with E-state index >= 15 is 0 Å². The molecule has 2 N–H and O–H groups in total. The second-order valence-electron chi connectivity index (χ2n) is 5.31. The molecule has 0 atom stereocenters. The number of H-pyrrole nitrogens is 1. The Hall–Kier alpha value is -3.02. The first-order valence-corrected chi connectivity index (χ1v) is 7.04. The van der Waals surface area contributed by atoms with Crippen LogP contribution in [-0.2, 0) is 11.2 Å². The van der Waals surface area contributed by atoms with Crippen molar-refractivity contribution >= 4 is 16.9 Å². The Balaban J connectivity index is 1.93. The standard InChI is InChI=1S/C17H12FNO4/c18-10-2-3-13-11(6-10)12(7-16(20)21)17(19-13)9-1-4-14-15(5-9)23-8-22-14/h1-6,19H,7-8H2,(H,20,21). The number of aromatic amines is 1.